The van der Waals surface area contributed by atoms with E-state index < -0.39 is 16.1 Å². The van der Waals surface area contributed by atoms with Crippen LogP contribution >= 0.6 is 0 Å². The zero-order chi connectivity index (χ0) is 26.0. The van der Waals surface area contributed by atoms with Crippen LogP contribution in [0.15, 0.2) is 36.4 Å². The Bertz CT molecular complexity index is 1220. The number of sulfonamides is 1. The SMILES string of the molecule is C[C@H](CO)N1C[C@H](C)[C@H](CN(C)Cc2ccc3c(c2)OCO3)Oc2c(NS(C)(=O)=O)cccc2C1=O. The number of amides is 1. The van der Waals surface area contributed by atoms with Crippen molar-refractivity contribution in [2.24, 2.45) is 5.92 Å². The summed E-state index contributed by atoms with van der Waals surface area (Å²) in [4.78, 5) is 17.2. The van der Waals surface area contributed by atoms with Crippen molar-refractivity contribution in [2.75, 3.05) is 44.5 Å². The van der Waals surface area contributed by atoms with Gasteiger partial charge in [-0.05, 0) is 43.8 Å². The van der Waals surface area contributed by atoms with E-state index in [9.17, 15) is 18.3 Å². The van der Waals surface area contributed by atoms with E-state index in [1.807, 2.05) is 32.2 Å². The van der Waals surface area contributed by atoms with Crippen LogP contribution in [0, 0.1) is 5.92 Å². The Morgan fingerprint density at radius 3 is 2.69 bits per heavy atom. The maximum atomic E-state index is 13.4. The molecule has 2 aliphatic rings. The number of aliphatic hydroxyl groups excluding tert-OH is 1. The predicted octanol–water partition coefficient (Wildman–Crippen LogP) is 2.14. The van der Waals surface area contributed by atoms with Gasteiger partial charge in [-0.1, -0.05) is 19.1 Å². The molecule has 2 aliphatic heterocycles. The molecule has 196 valence electrons. The number of anilines is 1. The first-order chi connectivity index (χ1) is 17.1. The number of hydrogen-bond acceptors (Lipinski definition) is 8. The van der Waals surface area contributed by atoms with Crippen LogP contribution in [0.25, 0.3) is 0 Å². The summed E-state index contributed by atoms with van der Waals surface area (Å²) in [6.45, 7) is 5.31. The number of benzene rings is 2. The van der Waals surface area contributed by atoms with Crippen LogP contribution in [-0.2, 0) is 16.6 Å². The number of ether oxygens (including phenoxy) is 3. The first-order valence-corrected chi connectivity index (χ1v) is 13.7. The first kappa shape index (κ1) is 26.1. The third-order valence-corrected chi connectivity index (χ3v) is 6.96. The number of likely N-dealkylation sites (N-methyl/N-ethyl adjacent to an activating group) is 1. The highest BCUT2D eigenvalue weighted by Gasteiger charge is 2.34. The van der Waals surface area contributed by atoms with Gasteiger partial charge in [0.2, 0.25) is 16.8 Å². The molecule has 0 aliphatic carbocycles. The normalized spacial score (nSPS) is 20.4. The van der Waals surface area contributed by atoms with E-state index in [1.165, 1.54) is 0 Å². The zero-order valence-electron chi connectivity index (χ0n) is 20.9. The molecule has 0 fully saturated rings. The summed E-state index contributed by atoms with van der Waals surface area (Å²) in [6.07, 6.45) is 0.683. The number of para-hydroxylation sites is 1. The van der Waals surface area contributed by atoms with E-state index in [4.69, 9.17) is 14.2 Å². The number of rotatable bonds is 8. The lowest BCUT2D eigenvalue weighted by Crippen LogP contribution is -2.49. The molecule has 0 spiro atoms. The van der Waals surface area contributed by atoms with Crippen molar-refractivity contribution in [1.29, 1.82) is 0 Å². The molecule has 0 radical (unpaired) electrons. The quantitative estimate of drug-likeness (QED) is 0.545. The minimum Gasteiger partial charge on any atom is -0.486 e. The monoisotopic (exact) mass is 519 g/mol. The molecule has 0 aromatic heterocycles. The van der Waals surface area contributed by atoms with Gasteiger partial charge < -0.3 is 24.2 Å². The number of nitrogens with zero attached hydrogens (tertiary/aromatic N) is 2. The average Bonchev–Trinajstić information content (AvgIpc) is 3.28. The lowest BCUT2D eigenvalue weighted by molar-refractivity contribution is 0.0344. The second-order valence-electron chi connectivity index (χ2n) is 9.56. The molecule has 0 bridgehead atoms. The maximum Gasteiger partial charge on any atom is 0.258 e. The summed E-state index contributed by atoms with van der Waals surface area (Å²) in [5.74, 6) is 1.21. The Morgan fingerprint density at radius 2 is 1.97 bits per heavy atom. The molecule has 3 atom stereocenters. The number of nitrogens with one attached hydrogen (secondary N) is 1. The van der Waals surface area contributed by atoms with Crippen LogP contribution in [0.2, 0.25) is 0 Å². The van der Waals surface area contributed by atoms with Gasteiger partial charge in [0, 0.05) is 25.6 Å². The van der Waals surface area contributed by atoms with E-state index in [0.29, 0.717) is 25.4 Å². The van der Waals surface area contributed by atoms with Crippen molar-refractivity contribution in [2.45, 2.75) is 32.5 Å². The highest BCUT2D eigenvalue weighted by molar-refractivity contribution is 7.92. The van der Waals surface area contributed by atoms with Gasteiger partial charge in [0.15, 0.2) is 17.2 Å². The third-order valence-electron chi connectivity index (χ3n) is 6.37. The van der Waals surface area contributed by atoms with Crippen molar-refractivity contribution in [1.82, 2.24) is 9.80 Å². The highest BCUT2D eigenvalue weighted by Crippen LogP contribution is 2.36. The molecule has 11 heteroatoms. The Balaban J connectivity index is 1.63. The average molecular weight is 520 g/mol. The molecule has 0 saturated carbocycles. The largest absolute Gasteiger partial charge is 0.486 e. The molecule has 2 N–H and O–H groups in total. The lowest BCUT2D eigenvalue weighted by Gasteiger charge is -2.38. The molecule has 2 aromatic rings. The summed E-state index contributed by atoms with van der Waals surface area (Å²) in [6, 6.07) is 10.2. The first-order valence-electron chi connectivity index (χ1n) is 11.8. The number of carbonyl (C=O) groups excluding carboxylic acids is 1. The Kier molecular flexibility index (Phi) is 7.62. The van der Waals surface area contributed by atoms with E-state index in [1.54, 1.807) is 30.0 Å². The zero-order valence-corrected chi connectivity index (χ0v) is 21.7. The third kappa shape index (κ3) is 5.85. The van der Waals surface area contributed by atoms with E-state index in [0.717, 1.165) is 17.6 Å². The molecule has 2 aromatic carbocycles. The number of carbonyl (C=O) groups is 1. The van der Waals surface area contributed by atoms with Crippen molar-refractivity contribution in [3.05, 3.63) is 47.5 Å². The summed E-state index contributed by atoms with van der Waals surface area (Å²) < 4.78 is 43.8. The van der Waals surface area contributed by atoms with E-state index in [-0.39, 0.29) is 48.3 Å². The summed E-state index contributed by atoms with van der Waals surface area (Å²) >= 11 is 0. The standard InChI is InChI=1S/C25H33N3O7S/c1-16-11-28(17(2)14-29)25(30)19-6-5-7-20(26-36(4,31)32)24(19)35-23(16)13-27(3)12-18-8-9-21-22(10-18)34-15-33-21/h5-10,16-17,23,26,29H,11-15H2,1-4H3/t16-,17+,23-/m0/s1. The highest BCUT2D eigenvalue weighted by atomic mass is 32.2. The Morgan fingerprint density at radius 1 is 1.22 bits per heavy atom. The minimum atomic E-state index is -3.61. The lowest BCUT2D eigenvalue weighted by atomic mass is 9.99. The molecule has 10 nitrogen and oxygen atoms in total. The maximum absolute atomic E-state index is 13.4. The topological polar surface area (TPSA) is 118 Å². The van der Waals surface area contributed by atoms with Gasteiger partial charge in [-0.2, -0.15) is 0 Å². The van der Waals surface area contributed by atoms with Gasteiger partial charge in [0.05, 0.1) is 30.2 Å². The molecule has 0 unspecified atom stereocenters. The fraction of sp³-hybridized carbons (Fsp3) is 0.480. The number of hydrogen-bond donors (Lipinski definition) is 2. The van der Waals surface area contributed by atoms with Gasteiger partial charge in [-0.25, -0.2) is 8.42 Å². The van der Waals surface area contributed by atoms with Crippen molar-refractivity contribution >= 4 is 21.6 Å². The van der Waals surface area contributed by atoms with Crippen molar-refractivity contribution in [3.63, 3.8) is 0 Å². The molecule has 2 heterocycles. The molecule has 36 heavy (non-hydrogen) atoms. The van der Waals surface area contributed by atoms with Gasteiger partial charge in [-0.15, -0.1) is 0 Å². The van der Waals surface area contributed by atoms with Gasteiger partial charge in [0.1, 0.15) is 6.10 Å². The second kappa shape index (κ2) is 10.5. The fourth-order valence-electron chi connectivity index (χ4n) is 4.46. The van der Waals surface area contributed by atoms with Crippen molar-refractivity contribution < 1.29 is 32.5 Å². The van der Waals surface area contributed by atoms with Crippen LogP contribution in [0.1, 0.15) is 29.8 Å². The smallest absolute Gasteiger partial charge is 0.258 e. The molecule has 4 rings (SSSR count). The van der Waals surface area contributed by atoms with Crippen LogP contribution in [0.4, 0.5) is 5.69 Å². The fourth-order valence-corrected chi connectivity index (χ4v) is 5.02. The summed E-state index contributed by atoms with van der Waals surface area (Å²) in [7, 11) is -1.64. The summed E-state index contributed by atoms with van der Waals surface area (Å²) in [5.41, 5.74) is 1.50. The van der Waals surface area contributed by atoms with E-state index in [2.05, 4.69) is 9.62 Å². The van der Waals surface area contributed by atoms with Gasteiger partial charge in [-0.3, -0.25) is 14.4 Å². The molecular formula is C25H33N3O7S. The Hall–Kier alpha value is -3.02. The minimum absolute atomic E-state index is 0.110. The van der Waals surface area contributed by atoms with E-state index >= 15 is 0 Å². The van der Waals surface area contributed by atoms with Crippen LogP contribution in [0.5, 0.6) is 17.2 Å². The molecular weight excluding hydrogens is 486 g/mol. The Labute approximate surface area is 211 Å². The van der Waals surface area contributed by atoms with Crippen LogP contribution < -0.4 is 18.9 Å². The van der Waals surface area contributed by atoms with Crippen molar-refractivity contribution in [3.8, 4) is 17.2 Å². The second-order valence-corrected chi connectivity index (χ2v) is 11.3. The van der Waals surface area contributed by atoms with Gasteiger partial charge in [0.25, 0.3) is 5.91 Å². The van der Waals surface area contributed by atoms with Crippen LogP contribution in [0.3, 0.4) is 0 Å². The molecule has 1 amide bonds. The summed E-state index contributed by atoms with van der Waals surface area (Å²) in [5, 5.41) is 9.81. The van der Waals surface area contributed by atoms with Gasteiger partial charge >= 0.3 is 0 Å². The predicted molar refractivity (Wildman–Crippen MR) is 135 cm³/mol. The van der Waals surface area contributed by atoms with Crippen LogP contribution in [-0.4, -0.2) is 81.2 Å². The number of aliphatic hydroxyl groups is 1. The number of fused-ring (bicyclic) bond motifs is 2. The molecule has 0 saturated heterocycles.